The molecule has 172 valence electrons. The molecule has 0 saturated heterocycles. The molecule has 1 amide bonds. The van der Waals surface area contributed by atoms with Gasteiger partial charge in [0.25, 0.3) is 5.91 Å². The maximum absolute atomic E-state index is 13.0. The molecule has 0 N–H and O–H groups in total. The molecule has 3 aromatic carbocycles. The molecular formula is C26H22N2O5S. The third kappa shape index (κ3) is 4.45. The molecule has 4 aromatic rings. The van der Waals surface area contributed by atoms with Crippen LogP contribution >= 0.6 is 11.3 Å². The molecular weight excluding hydrogens is 452 g/mol. The molecule has 1 aromatic heterocycles. The van der Waals surface area contributed by atoms with E-state index in [1.165, 1.54) is 11.3 Å². The van der Waals surface area contributed by atoms with Crippen LogP contribution in [0.15, 0.2) is 71.7 Å². The van der Waals surface area contributed by atoms with Crippen LogP contribution in [-0.2, 0) is 16.1 Å². The van der Waals surface area contributed by atoms with Crippen molar-refractivity contribution in [2.24, 2.45) is 4.99 Å². The number of benzene rings is 3. The van der Waals surface area contributed by atoms with Gasteiger partial charge in [-0.25, -0.2) is 0 Å². The highest BCUT2D eigenvalue weighted by Crippen LogP contribution is 2.37. The number of ether oxygens (including phenoxy) is 3. The Bertz CT molecular complexity index is 1420. The Kier molecular flexibility index (Phi) is 6.14. The molecule has 0 radical (unpaired) electrons. The molecule has 0 spiro atoms. The van der Waals surface area contributed by atoms with E-state index in [9.17, 15) is 9.59 Å². The average molecular weight is 475 g/mol. The summed E-state index contributed by atoms with van der Waals surface area (Å²) in [5.74, 6) is 0.630. The number of carbonyl (C=O) groups is 2. The van der Waals surface area contributed by atoms with E-state index >= 15 is 0 Å². The lowest BCUT2D eigenvalue weighted by Crippen LogP contribution is -2.19. The summed E-state index contributed by atoms with van der Waals surface area (Å²) in [4.78, 5) is 29.9. The van der Waals surface area contributed by atoms with Crippen LogP contribution in [0.2, 0.25) is 0 Å². The van der Waals surface area contributed by atoms with Crippen molar-refractivity contribution in [3.05, 3.63) is 77.1 Å². The van der Waals surface area contributed by atoms with Crippen LogP contribution in [-0.4, -0.2) is 29.8 Å². The number of aryl methyl sites for hydroxylation is 1. The van der Waals surface area contributed by atoms with E-state index in [0.29, 0.717) is 35.0 Å². The molecule has 2 heterocycles. The summed E-state index contributed by atoms with van der Waals surface area (Å²) < 4.78 is 18.8. The van der Waals surface area contributed by atoms with Gasteiger partial charge in [0.1, 0.15) is 0 Å². The number of thiazole rings is 1. The number of hydrogen-bond acceptors (Lipinski definition) is 6. The summed E-state index contributed by atoms with van der Waals surface area (Å²) in [6.07, 6.45) is 0.168. The molecule has 0 saturated carbocycles. The van der Waals surface area contributed by atoms with Crippen LogP contribution in [0.3, 0.4) is 0 Å². The largest absolute Gasteiger partial charge is 0.466 e. The fraction of sp³-hybridized carbons (Fsp3) is 0.192. The van der Waals surface area contributed by atoms with Crippen molar-refractivity contribution in [1.82, 2.24) is 4.57 Å². The van der Waals surface area contributed by atoms with Crippen LogP contribution in [0.1, 0.15) is 23.7 Å². The third-order valence-corrected chi connectivity index (χ3v) is 6.50. The number of hydrogen-bond donors (Lipinski definition) is 0. The minimum atomic E-state index is -0.351. The van der Waals surface area contributed by atoms with E-state index in [0.717, 1.165) is 21.3 Å². The first-order valence-corrected chi connectivity index (χ1v) is 11.8. The normalized spacial score (nSPS) is 12.8. The smallest absolute Gasteiger partial charge is 0.307 e. The fourth-order valence-corrected chi connectivity index (χ4v) is 4.85. The summed E-state index contributed by atoms with van der Waals surface area (Å²) >= 11 is 1.37. The van der Waals surface area contributed by atoms with Crippen molar-refractivity contribution in [1.29, 1.82) is 0 Å². The number of aromatic nitrogens is 1. The molecule has 0 atom stereocenters. The molecule has 0 unspecified atom stereocenters. The zero-order chi connectivity index (χ0) is 23.5. The highest BCUT2D eigenvalue weighted by molar-refractivity contribution is 7.16. The van der Waals surface area contributed by atoms with Gasteiger partial charge < -0.3 is 18.8 Å². The highest BCUT2D eigenvalue weighted by Gasteiger charge is 2.19. The van der Waals surface area contributed by atoms with Crippen LogP contribution in [0, 0.1) is 0 Å². The van der Waals surface area contributed by atoms with Crippen LogP contribution < -0.4 is 14.3 Å². The molecule has 1 aliphatic rings. The summed E-state index contributed by atoms with van der Waals surface area (Å²) in [7, 11) is 0. The zero-order valence-electron chi connectivity index (χ0n) is 18.5. The Morgan fingerprint density at radius 1 is 1.00 bits per heavy atom. The minimum absolute atomic E-state index is 0.168. The molecule has 7 nitrogen and oxygen atoms in total. The number of fused-ring (bicyclic) bond motifs is 2. The standard InChI is InChI=1S/C26H22N2O5S/c1-2-31-24(29)12-13-28-20-14-21-22(33-16-32-21)15-23(20)34-26(28)27-25(30)19-10-8-18(9-11-19)17-6-4-3-5-7-17/h3-11,14-15H,2,12-13,16H2,1H3. The van der Waals surface area contributed by atoms with Crippen LogP contribution in [0.4, 0.5) is 0 Å². The van der Waals surface area contributed by atoms with Gasteiger partial charge in [0, 0.05) is 24.2 Å². The van der Waals surface area contributed by atoms with E-state index in [4.69, 9.17) is 14.2 Å². The lowest BCUT2D eigenvalue weighted by atomic mass is 10.0. The SMILES string of the molecule is CCOC(=O)CCn1c(=NC(=O)c2ccc(-c3ccccc3)cc2)sc2cc3c(cc21)OCO3. The number of carbonyl (C=O) groups excluding carboxylic acids is 2. The summed E-state index contributed by atoms with van der Waals surface area (Å²) in [5.41, 5.74) is 3.42. The number of rotatable bonds is 6. The van der Waals surface area contributed by atoms with Crippen molar-refractivity contribution in [3.63, 3.8) is 0 Å². The van der Waals surface area contributed by atoms with Gasteiger partial charge in [0.05, 0.1) is 23.2 Å². The van der Waals surface area contributed by atoms with E-state index < -0.39 is 0 Å². The summed E-state index contributed by atoms with van der Waals surface area (Å²) in [6, 6.07) is 21.1. The second-order valence-electron chi connectivity index (χ2n) is 7.62. The summed E-state index contributed by atoms with van der Waals surface area (Å²) in [6.45, 7) is 2.59. The fourth-order valence-electron chi connectivity index (χ4n) is 3.78. The topological polar surface area (TPSA) is 79.1 Å². The first-order chi connectivity index (χ1) is 16.6. The van der Waals surface area contributed by atoms with Crippen molar-refractivity contribution in [2.45, 2.75) is 19.9 Å². The second-order valence-corrected chi connectivity index (χ2v) is 8.63. The molecule has 8 heteroatoms. The molecule has 5 rings (SSSR count). The third-order valence-electron chi connectivity index (χ3n) is 5.46. The number of esters is 1. The lowest BCUT2D eigenvalue weighted by molar-refractivity contribution is -0.143. The Labute approximate surface area is 199 Å². The zero-order valence-corrected chi connectivity index (χ0v) is 19.3. The van der Waals surface area contributed by atoms with Gasteiger partial charge in [-0.05, 0) is 30.2 Å². The Hall–Kier alpha value is -3.91. The maximum atomic E-state index is 13.0. The van der Waals surface area contributed by atoms with E-state index in [1.54, 1.807) is 19.1 Å². The second kappa shape index (κ2) is 9.52. The van der Waals surface area contributed by atoms with Crippen molar-refractivity contribution < 1.29 is 23.8 Å². The van der Waals surface area contributed by atoms with Gasteiger partial charge in [-0.15, -0.1) is 0 Å². The quantitative estimate of drug-likeness (QED) is 0.375. The molecule has 0 fully saturated rings. The van der Waals surface area contributed by atoms with Crippen molar-refractivity contribution >= 4 is 33.4 Å². The van der Waals surface area contributed by atoms with Gasteiger partial charge in [0.15, 0.2) is 16.3 Å². The highest BCUT2D eigenvalue weighted by atomic mass is 32.1. The van der Waals surface area contributed by atoms with Gasteiger partial charge >= 0.3 is 5.97 Å². The predicted octanol–water partition coefficient (Wildman–Crippen LogP) is 4.79. The van der Waals surface area contributed by atoms with Gasteiger partial charge in [0.2, 0.25) is 6.79 Å². The molecule has 0 aliphatic carbocycles. The van der Waals surface area contributed by atoms with E-state index in [1.807, 2.05) is 59.2 Å². The van der Waals surface area contributed by atoms with Gasteiger partial charge in [-0.3, -0.25) is 9.59 Å². The Balaban J connectivity index is 1.50. The minimum Gasteiger partial charge on any atom is -0.466 e. The summed E-state index contributed by atoms with van der Waals surface area (Å²) in [5, 5.41) is 0. The maximum Gasteiger partial charge on any atom is 0.307 e. The number of nitrogens with zero attached hydrogens (tertiary/aromatic N) is 2. The van der Waals surface area contributed by atoms with Crippen LogP contribution in [0.25, 0.3) is 21.3 Å². The monoisotopic (exact) mass is 474 g/mol. The molecule has 0 bridgehead atoms. The Morgan fingerprint density at radius 3 is 2.44 bits per heavy atom. The van der Waals surface area contributed by atoms with E-state index in [-0.39, 0.29) is 25.1 Å². The first-order valence-electron chi connectivity index (χ1n) is 11.0. The van der Waals surface area contributed by atoms with Gasteiger partial charge in [-0.2, -0.15) is 4.99 Å². The average Bonchev–Trinajstić information content (AvgIpc) is 3.45. The van der Waals surface area contributed by atoms with Gasteiger partial charge in [-0.1, -0.05) is 53.8 Å². The van der Waals surface area contributed by atoms with Crippen molar-refractivity contribution in [3.8, 4) is 22.6 Å². The van der Waals surface area contributed by atoms with Crippen LogP contribution in [0.5, 0.6) is 11.5 Å². The van der Waals surface area contributed by atoms with Crippen molar-refractivity contribution in [2.75, 3.05) is 13.4 Å². The predicted molar refractivity (Wildman–Crippen MR) is 129 cm³/mol. The molecule has 1 aliphatic heterocycles. The number of amides is 1. The molecule has 34 heavy (non-hydrogen) atoms. The lowest BCUT2D eigenvalue weighted by Gasteiger charge is -2.06. The Morgan fingerprint density at radius 2 is 1.71 bits per heavy atom. The first kappa shape index (κ1) is 21.9. The van der Waals surface area contributed by atoms with E-state index in [2.05, 4.69) is 4.99 Å².